The lowest BCUT2D eigenvalue weighted by Gasteiger charge is -1.96. The summed E-state index contributed by atoms with van der Waals surface area (Å²) in [6, 6.07) is 3.38. The van der Waals surface area contributed by atoms with E-state index in [9.17, 15) is 0 Å². The van der Waals surface area contributed by atoms with Crippen molar-refractivity contribution in [2.24, 2.45) is 9.98 Å². The van der Waals surface area contributed by atoms with Gasteiger partial charge in [-0.2, -0.15) is 0 Å². The predicted molar refractivity (Wildman–Crippen MR) is 61.1 cm³/mol. The second-order valence-corrected chi connectivity index (χ2v) is 2.97. The first-order chi connectivity index (χ1) is 7.21. The summed E-state index contributed by atoms with van der Waals surface area (Å²) in [5.74, 6) is 1.01. The molecule has 1 aromatic heterocycles. The molecule has 0 aliphatic rings. The van der Waals surface area contributed by atoms with Crippen LogP contribution < -0.4 is 0 Å². The molecule has 15 heavy (non-hydrogen) atoms. The van der Waals surface area contributed by atoms with Crippen molar-refractivity contribution in [1.29, 1.82) is 0 Å². The number of hydrogen-bond donors (Lipinski definition) is 1. The Kier molecular flexibility index (Phi) is 4.27. The van der Waals surface area contributed by atoms with Crippen LogP contribution in [-0.2, 0) is 6.61 Å². The van der Waals surface area contributed by atoms with Crippen molar-refractivity contribution in [2.45, 2.75) is 13.5 Å². The van der Waals surface area contributed by atoms with E-state index in [0.29, 0.717) is 17.2 Å². The first kappa shape index (κ1) is 11.7. The van der Waals surface area contributed by atoms with E-state index in [4.69, 9.17) is 21.1 Å². The zero-order valence-corrected chi connectivity index (χ0v) is 9.03. The summed E-state index contributed by atoms with van der Waals surface area (Å²) in [5.41, 5.74) is 0.548. The van der Waals surface area contributed by atoms with E-state index >= 15 is 0 Å². The summed E-state index contributed by atoms with van der Waals surface area (Å²) in [6.07, 6.45) is 1.73. The van der Waals surface area contributed by atoms with Crippen LogP contribution in [0.1, 0.15) is 18.4 Å². The third-order valence-electron chi connectivity index (χ3n) is 1.69. The van der Waals surface area contributed by atoms with Gasteiger partial charge in [0.15, 0.2) is 5.76 Å². The monoisotopic (exact) mass is 226 g/mol. The molecular weight excluding hydrogens is 216 g/mol. The van der Waals surface area contributed by atoms with Crippen molar-refractivity contribution in [1.82, 2.24) is 0 Å². The number of furan rings is 1. The number of aliphatic hydroxyl groups excluding tert-OH is 1. The minimum atomic E-state index is -0.145. The molecule has 1 N–H and O–H groups in total. The maximum Gasteiger partial charge on any atom is 0.222 e. The van der Waals surface area contributed by atoms with E-state index in [2.05, 4.69) is 16.7 Å². The Morgan fingerprint density at radius 3 is 2.87 bits per heavy atom. The molecule has 5 heteroatoms. The van der Waals surface area contributed by atoms with Gasteiger partial charge in [0.2, 0.25) is 5.29 Å². The van der Waals surface area contributed by atoms with E-state index in [1.807, 2.05) is 0 Å². The van der Waals surface area contributed by atoms with Gasteiger partial charge in [-0.05, 0) is 37.4 Å². The zero-order valence-electron chi connectivity index (χ0n) is 8.27. The molecule has 0 radical (unpaired) electrons. The number of rotatable bonds is 3. The summed E-state index contributed by atoms with van der Waals surface area (Å²) in [6.45, 7) is 4.91. The van der Waals surface area contributed by atoms with Gasteiger partial charge in [0.1, 0.15) is 18.1 Å². The molecule has 0 amide bonds. The highest BCUT2D eigenvalue weighted by Gasteiger charge is 2.06. The lowest BCUT2D eigenvalue weighted by Crippen LogP contribution is -1.83. The Bertz CT molecular complexity index is 407. The van der Waals surface area contributed by atoms with Crippen molar-refractivity contribution in [3.63, 3.8) is 0 Å². The van der Waals surface area contributed by atoms with E-state index < -0.39 is 0 Å². The molecule has 4 nitrogen and oxygen atoms in total. The number of allylic oxidation sites excluding steroid dienone is 1. The topological polar surface area (TPSA) is 58.1 Å². The normalized spacial score (nSPS) is 13.0. The van der Waals surface area contributed by atoms with Gasteiger partial charge in [0, 0.05) is 0 Å². The lowest BCUT2D eigenvalue weighted by molar-refractivity contribution is 0.246. The highest BCUT2D eigenvalue weighted by molar-refractivity contribution is 6.65. The van der Waals surface area contributed by atoms with E-state index in [1.54, 1.807) is 25.1 Å². The SMILES string of the molecule is C=N/C(Cl)=N\C(=C/C)c1ccc(CO)o1. The highest BCUT2D eigenvalue weighted by atomic mass is 35.5. The summed E-state index contributed by atoms with van der Waals surface area (Å²) in [5, 5.41) is 8.88. The molecule has 0 atom stereocenters. The van der Waals surface area contributed by atoms with Crippen molar-refractivity contribution in [3.05, 3.63) is 29.7 Å². The van der Waals surface area contributed by atoms with Crippen molar-refractivity contribution < 1.29 is 9.52 Å². The molecule has 0 saturated heterocycles. The highest BCUT2D eigenvalue weighted by Crippen LogP contribution is 2.19. The van der Waals surface area contributed by atoms with E-state index in [0.717, 1.165) is 0 Å². The molecule has 0 aromatic carbocycles. The fraction of sp³-hybridized carbons (Fsp3) is 0.200. The molecule has 1 heterocycles. The van der Waals surface area contributed by atoms with E-state index in [-0.39, 0.29) is 11.9 Å². The van der Waals surface area contributed by atoms with E-state index in [1.165, 1.54) is 0 Å². The van der Waals surface area contributed by atoms with Gasteiger partial charge in [0.05, 0.1) is 0 Å². The van der Waals surface area contributed by atoms with Gasteiger partial charge in [-0.3, -0.25) is 0 Å². The molecule has 0 aliphatic carbocycles. The van der Waals surface area contributed by atoms with Crippen LogP contribution in [0.5, 0.6) is 0 Å². The van der Waals surface area contributed by atoms with Gasteiger partial charge in [-0.25, -0.2) is 9.98 Å². The van der Waals surface area contributed by atoms with Crippen LogP contribution >= 0.6 is 11.6 Å². The van der Waals surface area contributed by atoms with Crippen LogP contribution in [0.3, 0.4) is 0 Å². The molecule has 1 rings (SSSR count). The third kappa shape index (κ3) is 3.04. The minimum absolute atomic E-state index is 0.0463. The number of halogens is 1. The number of aliphatic hydroxyl groups is 1. The molecule has 0 spiro atoms. The zero-order chi connectivity index (χ0) is 11.3. The second kappa shape index (κ2) is 5.48. The van der Waals surface area contributed by atoms with Crippen LogP contribution in [-0.4, -0.2) is 17.1 Å². The molecular formula is C10H11ClN2O2. The second-order valence-electron chi connectivity index (χ2n) is 2.64. The molecule has 0 unspecified atom stereocenters. The quantitative estimate of drug-likeness (QED) is 0.489. The van der Waals surface area contributed by atoms with Crippen molar-refractivity contribution in [3.8, 4) is 0 Å². The summed E-state index contributed by atoms with van der Waals surface area (Å²) < 4.78 is 5.29. The molecule has 0 bridgehead atoms. The summed E-state index contributed by atoms with van der Waals surface area (Å²) in [4.78, 5) is 7.43. The van der Waals surface area contributed by atoms with Crippen molar-refractivity contribution in [2.75, 3.05) is 0 Å². The fourth-order valence-electron chi connectivity index (χ4n) is 0.997. The number of aliphatic imine (C=N–C) groups is 2. The van der Waals surface area contributed by atoms with Crippen LogP contribution in [0.15, 0.2) is 32.6 Å². The van der Waals surface area contributed by atoms with Gasteiger partial charge >= 0.3 is 0 Å². The maximum atomic E-state index is 8.83. The minimum Gasteiger partial charge on any atom is -0.457 e. The van der Waals surface area contributed by atoms with Crippen LogP contribution in [0, 0.1) is 0 Å². The molecule has 0 fully saturated rings. The summed E-state index contributed by atoms with van der Waals surface area (Å²) in [7, 11) is 0. The Morgan fingerprint density at radius 2 is 2.40 bits per heavy atom. The van der Waals surface area contributed by atoms with Gasteiger partial charge < -0.3 is 9.52 Å². The van der Waals surface area contributed by atoms with Gasteiger partial charge in [-0.1, -0.05) is 6.08 Å². The Labute approximate surface area is 92.6 Å². The Hall–Kier alpha value is -1.39. The van der Waals surface area contributed by atoms with Gasteiger partial charge in [-0.15, -0.1) is 0 Å². The predicted octanol–water partition coefficient (Wildman–Crippen LogP) is 2.43. The maximum absolute atomic E-state index is 8.83. The number of amidine groups is 1. The van der Waals surface area contributed by atoms with Crippen LogP contribution in [0.2, 0.25) is 0 Å². The molecule has 1 aromatic rings. The Morgan fingerprint density at radius 1 is 1.67 bits per heavy atom. The third-order valence-corrected chi connectivity index (χ3v) is 1.89. The van der Waals surface area contributed by atoms with Crippen molar-refractivity contribution >= 4 is 29.3 Å². The number of hydrogen-bond acceptors (Lipinski definition) is 3. The Balaban J connectivity index is 2.98. The largest absolute Gasteiger partial charge is 0.457 e. The lowest BCUT2D eigenvalue weighted by atomic mass is 10.3. The molecule has 0 saturated carbocycles. The van der Waals surface area contributed by atoms with Gasteiger partial charge in [0.25, 0.3) is 0 Å². The first-order valence-corrected chi connectivity index (χ1v) is 4.66. The van der Waals surface area contributed by atoms with Crippen LogP contribution in [0.4, 0.5) is 0 Å². The molecule has 0 aliphatic heterocycles. The molecule has 80 valence electrons. The first-order valence-electron chi connectivity index (χ1n) is 4.28. The average molecular weight is 227 g/mol. The number of nitrogens with zero attached hydrogens (tertiary/aromatic N) is 2. The summed E-state index contributed by atoms with van der Waals surface area (Å²) >= 11 is 5.62. The van der Waals surface area contributed by atoms with Crippen LogP contribution in [0.25, 0.3) is 5.70 Å². The fourth-order valence-corrected chi connectivity index (χ4v) is 1.09. The standard InChI is InChI=1S/C10H11ClN2O2/c1-3-8(13-10(11)12-2)9-5-4-7(6-14)15-9/h3-5,14H,2,6H2,1H3/b8-3-,13-10-. The average Bonchev–Trinajstić information content (AvgIpc) is 2.73. The smallest absolute Gasteiger partial charge is 0.222 e.